The number of nitrogens with zero attached hydrogens (tertiary/aromatic N) is 2. The van der Waals surface area contributed by atoms with Crippen molar-refractivity contribution in [3.8, 4) is 5.75 Å². The van der Waals surface area contributed by atoms with Crippen molar-refractivity contribution in [1.82, 2.24) is 9.88 Å². The SMILES string of the molecule is C=C1C=C(C)C=CN1/C(=C\C)c1ccc2cc(F)cc(O)c2n1.CCCOC. The molecular weight excluding hydrogens is 355 g/mol. The molecule has 2 aromatic rings. The molecule has 0 saturated carbocycles. The number of phenols is 1. The second-order valence-corrected chi connectivity index (χ2v) is 6.43. The van der Waals surface area contributed by atoms with Crippen LogP contribution in [0.15, 0.2) is 66.5 Å². The van der Waals surface area contributed by atoms with E-state index in [9.17, 15) is 9.50 Å². The number of hydrogen-bond donors (Lipinski definition) is 1. The molecule has 1 aliphatic heterocycles. The third kappa shape index (κ3) is 5.08. The molecule has 0 saturated heterocycles. The van der Waals surface area contributed by atoms with Crippen LogP contribution in [0.2, 0.25) is 0 Å². The first-order valence-corrected chi connectivity index (χ1v) is 9.20. The van der Waals surface area contributed by atoms with Crippen LogP contribution in [0.1, 0.15) is 32.9 Å². The molecule has 0 bridgehead atoms. The molecule has 1 aromatic carbocycles. The fraction of sp³-hybridized carbons (Fsp3) is 0.261. The number of methoxy groups -OCH3 is 1. The Kier molecular flexibility index (Phi) is 7.52. The largest absolute Gasteiger partial charge is 0.506 e. The molecule has 0 radical (unpaired) electrons. The summed E-state index contributed by atoms with van der Waals surface area (Å²) in [5.41, 5.74) is 3.87. The lowest BCUT2D eigenvalue weighted by Gasteiger charge is -2.26. The lowest BCUT2D eigenvalue weighted by atomic mass is 10.1. The lowest BCUT2D eigenvalue weighted by molar-refractivity contribution is 0.199. The number of pyridine rings is 1. The van der Waals surface area contributed by atoms with Crippen molar-refractivity contribution < 1.29 is 14.2 Å². The lowest BCUT2D eigenvalue weighted by Crippen LogP contribution is -2.16. The number of allylic oxidation sites excluding steroid dienone is 4. The Hall–Kier alpha value is -2.92. The number of phenolic OH excluding ortho intramolecular Hbond substituents is 1. The number of aromatic nitrogens is 1. The molecule has 28 heavy (non-hydrogen) atoms. The molecule has 0 fully saturated rings. The summed E-state index contributed by atoms with van der Waals surface area (Å²) in [6.45, 7) is 11.0. The monoisotopic (exact) mass is 382 g/mol. The molecule has 0 aliphatic carbocycles. The highest BCUT2D eigenvalue weighted by atomic mass is 19.1. The Balaban J connectivity index is 0.000000500. The zero-order valence-electron chi connectivity index (χ0n) is 16.9. The predicted molar refractivity (Wildman–Crippen MR) is 113 cm³/mol. The van der Waals surface area contributed by atoms with Crippen molar-refractivity contribution in [1.29, 1.82) is 0 Å². The van der Waals surface area contributed by atoms with Crippen molar-refractivity contribution in [2.45, 2.75) is 27.2 Å². The van der Waals surface area contributed by atoms with Gasteiger partial charge in [0.2, 0.25) is 0 Å². The Morgan fingerprint density at radius 1 is 1.36 bits per heavy atom. The molecule has 1 aromatic heterocycles. The van der Waals surface area contributed by atoms with E-state index in [1.54, 1.807) is 13.2 Å². The molecule has 148 valence electrons. The van der Waals surface area contributed by atoms with E-state index >= 15 is 0 Å². The zero-order chi connectivity index (χ0) is 20.7. The maximum atomic E-state index is 13.4. The molecule has 0 unspecified atom stereocenters. The second-order valence-electron chi connectivity index (χ2n) is 6.43. The first-order chi connectivity index (χ1) is 13.4. The van der Waals surface area contributed by atoms with Crippen LogP contribution in [-0.2, 0) is 4.74 Å². The number of benzene rings is 1. The smallest absolute Gasteiger partial charge is 0.144 e. The number of aromatic hydroxyl groups is 1. The van der Waals surface area contributed by atoms with Crippen molar-refractivity contribution in [2.75, 3.05) is 13.7 Å². The quantitative estimate of drug-likeness (QED) is 0.729. The van der Waals surface area contributed by atoms with Gasteiger partial charge in [0, 0.05) is 37.1 Å². The molecule has 1 N–H and O–H groups in total. The summed E-state index contributed by atoms with van der Waals surface area (Å²) in [5, 5.41) is 10.5. The average Bonchev–Trinajstić information content (AvgIpc) is 2.65. The minimum Gasteiger partial charge on any atom is -0.506 e. The molecule has 1 aliphatic rings. The van der Waals surface area contributed by atoms with E-state index < -0.39 is 5.82 Å². The van der Waals surface area contributed by atoms with Gasteiger partial charge in [-0.1, -0.05) is 25.6 Å². The fourth-order valence-corrected chi connectivity index (χ4v) is 2.84. The fourth-order valence-electron chi connectivity index (χ4n) is 2.84. The van der Waals surface area contributed by atoms with Gasteiger partial charge in [-0.15, -0.1) is 0 Å². The first-order valence-electron chi connectivity index (χ1n) is 9.20. The summed E-state index contributed by atoms with van der Waals surface area (Å²) in [4.78, 5) is 6.43. The third-order valence-corrected chi connectivity index (χ3v) is 4.13. The van der Waals surface area contributed by atoms with E-state index in [4.69, 9.17) is 4.74 Å². The Morgan fingerprint density at radius 3 is 2.68 bits per heavy atom. The van der Waals surface area contributed by atoms with Crippen molar-refractivity contribution in [3.63, 3.8) is 0 Å². The van der Waals surface area contributed by atoms with Gasteiger partial charge in [0.1, 0.15) is 17.1 Å². The molecule has 0 atom stereocenters. The molecular formula is C23H27FN2O2. The molecule has 2 heterocycles. The van der Waals surface area contributed by atoms with E-state index in [-0.39, 0.29) is 5.75 Å². The molecule has 0 amide bonds. The van der Waals surface area contributed by atoms with Crippen LogP contribution in [0.3, 0.4) is 0 Å². The van der Waals surface area contributed by atoms with Gasteiger partial charge in [0.25, 0.3) is 0 Å². The van der Waals surface area contributed by atoms with Crippen molar-refractivity contribution in [2.24, 2.45) is 0 Å². The van der Waals surface area contributed by atoms with Gasteiger partial charge in [-0.25, -0.2) is 9.37 Å². The van der Waals surface area contributed by atoms with E-state index in [1.165, 1.54) is 6.07 Å². The maximum absolute atomic E-state index is 13.4. The highest BCUT2D eigenvalue weighted by Crippen LogP contribution is 2.30. The van der Waals surface area contributed by atoms with Crippen LogP contribution in [0.25, 0.3) is 16.6 Å². The topological polar surface area (TPSA) is 45.6 Å². The summed E-state index contributed by atoms with van der Waals surface area (Å²) < 4.78 is 18.1. The Bertz CT molecular complexity index is 943. The van der Waals surface area contributed by atoms with Crippen LogP contribution >= 0.6 is 0 Å². The van der Waals surface area contributed by atoms with Crippen LogP contribution < -0.4 is 0 Å². The van der Waals surface area contributed by atoms with E-state index in [0.29, 0.717) is 16.6 Å². The van der Waals surface area contributed by atoms with Gasteiger partial charge in [-0.3, -0.25) is 0 Å². The first kappa shape index (κ1) is 21.4. The highest BCUT2D eigenvalue weighted by molar-refractivity contribution is 5.86. The van der Waals surface area contributed by atoms with Gasteiger partial charge < -0.3 is 14.7 Å². The standard InChI is InChI=1S/C19H17FN2O.C4H10O/c1-4-17(22-8-7-12(2)9-13(22)3)16-6-5-14-10-15(20)11-18(23)19(14)21-16;1-3-4-5-2/h4-11,23H,3H2,1-2H3;3-4H2,1-2H3/b17-4-;. The van der Waals surface area contributed by atoms with E-state index in [2.05, 4.69) is 18.5 Å². The second kappa shape index (κ2) is 9.85. The van der Waals surface area contributed by atoms with Gasteiger partial charge in [0.15, 0.2) is 0 Å². The zero-order valence-corrected chi connectivity index (χ0v) is 16.9. The van der Waals surface area contributed by atoms with Crippen molar-refractivity contribution in [3.05, 3.63) is 78.1 Å². The predicted octanol–water partition coefficient (Wildman–Crippen LogP) is 5.77. The van der Waals surface area contributed by atoms with Crippen molar-refractivity contribution >= 4 is 16.6 Å². The summed E-state index contributed by atoms with van der Waals surface area (Å²) in [6, 6.07) is 5.98. The normalized spacial score (nSPS) is 14.0. The average molecular weight is 382 g/mol. The highest BCUT2D eigenvalue weighted by Gasteiger charge is 2.16. The number of halogens is 1. The van der Waals surface area contributed by atoms with Gasteiger partial charge >= 0.3 is 0 Å². The van der Waals surface area contributed by atoms with Crippen LogP contribution in [0.4, 0.5) is 4.39 Å². The summed E-state index contributed by atoms with van der Waals surface area (Å²) in [6.07, 6.45) is 8.96. The van der Waals surface area contributed by atoms with Gasteiger partial charge in [0.05, 0.1) is 11.4 Å². The summed E-state index contributed by atoms with van der Waals surface area (Å²) in [7, 11) is 1.71. The number of fused-ring (bicyclic) bond motifs is 1. The molecule has 0 spiro atoms. The molecule has 4 nitrogen and oxygen atoms in total. The molecule has 5 heteroatoms. The van der Waals surface area contributed by atoms with Crippen LogP contribution in [0, 0.1) is 5.82 Å². The number of hydrogen-bond acceptors (Lipinski definition) is 4. The minimum atomic E-state index is -0.483. The Labute approximate surface area is 166 Å². The number of rotatable bonds is 4. The summed E-state index contributed by atoms with van der Waals surface area (Å²) in [5.74, 6) is -0.648. The van der Waals surface area contributed by atoms with E-state index in [1.807, 2.05) is 49.2 Å². The van der Waals surface area contributed by atoms with Gasteiger partial charge in [-0.05, 0) is 50.1 Å². The maximum Gasteiger partial charge on any atom is 0.144 e. The summed E-state index contributed by atoms with van der Waals surface area (Å²) >= 11 is 0. The van der Waals surface area contributed by atoms with Gasteiger partial charge in [-0.2, -0.15) is 0 Å². The molecule has 3 rings (SSSR count). The minimum absolute atomic E-state index is 0.166. The Morgan fingerprint density at radius 2 is 2.11 bits per heavy atom. The van der Waals surface area contributed by atoms with Crippen LogP contribution in [-0.4, -0.2) is 28.7 Å². The number of ether oxygens (including phenoxy) is 1. The van der Waals surface area contributed by atoms with Crippen LogP contribution in [0.5, 0.6) is 5.75 Å². The van der Waals surface area contributed by atoms with E-state index in [0.717, 1.165) is 36.1 Å². The third-order valence-electron chi connectivity index (χ3n) is 4.13.